The maximum atomic E-state index is 13.5. The third-order valence-corrected chi connectivity index (χ3v) is 7.97. The number of aliphatic imine (C=N–C) groups is 1. The highest BCUT2D eigenvalue weighted by atomic mass is 35.5. The highest BCUT2D eigenvalue weighted by Crippen LogP contribution is 2.36. The highest BCUT2D eigenvalue weighted by molar-refractivity contribution is 6.31. The molecule has 2 aromatic carbocycles. The number of nitrogens with zero attached hydrogens (tertiary/aromatic N) is 6. The number of rotatable bonds is 12. The summed E-state index contributed by atoms with van der Waals surface area (Å²) in [6, 6.07) is 16.9. The Kier molecular flexibility index (Phi) is 9.06. The highest BCUT2D eigenvalue weighted by Gasteiger charge is 2.30. The summed E-state index contributed by atoms with van der Waals surface area (Å²) in [4.78, 5) is 30.4. The number of methoxy groups -OCH3 is 1. The van der Waals surface area contributed by atoms with Gasteiger partial charge in [-0.3, -0.25) is 14.6 Å². The zero-order valence-electron chi connectivity index (χ0n) is 24.2. The number of ether oxygens (including phenoxy) is 3. The van der Waals surface area contributed by atoms with Gasteiger partial charge in [0.2, 0.25) is 0 Å². The molecule has 0 saturated heterocycles. The Morgan fingerprint density at radius 1 is 1.02 bits per heavy atom. The molecule has 11 nitrogen and oxygen atoms in total. The first-order valence-corrected chi connectivity index (χ1v) is 14.7. The average molecular weight is 615 g/mol. The molecule has 0 bridgehead atoms. The second-order valence-electron chi connectivity index (χ2n) is 10.6. The van der Waals surface area contributed by atoms with E-state index < -0.39 is 0 Å². The Morgan fingerprint density at radius 2 is 1.86 bits per heavy atom. The van der Waals surface area contributed by atoms with Crippen LogP contribution in [-0.2, 0) is 31.8 Å². The molecule has 1 atom stereocenters. The molecule has 12 heteroatoms. The van der Waals surface area contributed by atoms with Crippen molar-refractivity contribution in [3.63, 3.8) is 0 Å². The van der Waals surface area contributed by atoms with Gasteiger partial charge in [-0.25, -0.2) is 0 Å². The van der Waals surface area contributed by atoms with E-state index >= 15 is 0 Å². The number of benzene rings is 2. The molecule has 0 aliphatic carbocycles. The molecule has 226 valence electrons. The number of hydrogen-bond donors (Lipinski definition) is 0. The van der Waals surface area contributed by atoms with Gasteiger partial charge in [-0.15, -0.1) is 5.10 Å². The topological polar surface area (TPSA) is 123 Å². The lowest BCUT2D eigenvalue weighted by atomic mass is 9.97. The van der Waals surface area contributed by atoms with E-state index in [0.29, 0.717) is 31.3 Å². The number of carbonyl (C=O) groups excluding carboxylic acids is 1. The van der Waals surface area contributed by atoms with Crippen LogP contribution in [0.1, 0.15) is 35.7 Å². The molecule has 0 spiro atoms. The Morgan fingerprint density at radius 3 is 2.66 bits per heavy atom. The fourth-order valence-electron chi connectivity index (χ4n) is 5.62. The maximum absolute atomic E-state index is 13.5. The van der Waals surface area contributed by atoms with Crippen LogP contribution in [0.15, 0.2) is 76.9 Å². The molecule has 0 saturated carbocycles. The van der Waals surface area contributed by atoms with Crippen LogP contribution in [0.2, 0.25) is 5.02 Å². The summed E-state index contributed by atoms with van der Waals surface area (Å²) in [6.07, 6.45) is 5.79. The molecule has 4 aromatic rings. The normalized spacial score (nSPS) is 15.6. The number of fused-ring (bicyclic) bond motifs is 1. The van der Waals surface area contributed by atoms with Crippen molar-refractivity contribution in [3.05, 3.63) is 99.3 Å². The molecule has 2 aliphatic rings. The number of halogens is 1. The van der Waals surface area contributed by atoms with Crippen molar-refractivity contribution in [1.29, 1.82) is 0 Å². The van der Waals surface area contributed by atoms with E-state index in [9.17, 15) is 9.59 Å². The predicted octanol–water partition coefficient (Wildman–Crippen LogP) is 4.27. The second kappa shape index (κ2) is 13.5. The molecule has 4 heterocycles. The summed E-state index contributed by atoms with van der Waals surface area (Å²) in [5.74, 6) is -0.297. The number of tetrazole rings is 1. The standard InChI is InChI=1S/C32H31ClN6O5/c1-42-10-11-43-12-13-44-32(41)14-21-2-4-22(5-3-21)24-16-28(34-19-24)30-9-7-26-15-23(17-31(40)39(26)30)27-18-25(33)6-8-29(27)38-20-35-36-37-38/h2-6,8,15,17-20,30H,7,9-14,16H2,1H3/t30-/m0/s1. The van der Waals surface area contributed by atoms with Crippen LogP contribution in [-0.4, -0.2) is 70.0 Å². The summed E-state index contributed by atoms with van der Waals surface area (Å²) in [5.41, 5.74) is 7.08. The largest absolute Gasteiger partial charge is 0.463 e. The minimum Gasteiger partial charge on any atom is -0.463 e. The number of allylic oxidation sites excluding steroid dienone is 1. The van der Waals surface area contributed by atoms with Gasteiger partial charge < -0.3 is 18.8 Å². The first-order valence-electron chi connectivity index (χ1n) is 14.4. The van der Waals surface area contributed by atoms with E-state index in [1.807, 2.05) is 53.2 Å². The maximum Gasteiger partial charge on any atom is 0.310 e. The van der Waals surface area contributed by atoms with Crippen molar-refractivity contribution < 1.29 is 19.0 Å². The number of aromatic nitrogens is 5. The molecule has 6 rings (SSSR count). The average Bonchev–Trinajstić information content (AvgIpc) is 3.81. The van der Waals surface area contributed by atoms with E-state index in [1.54, 1.807) is 23.9 Å². The molecule has 0 radical (unpaired) electrons. The van der Waals surface area contributed by atoms with Crippen molar-refractivity contribution in [2.75, 3.05) is 33.5 Å². The first-order chi connectivity index (χ1) is 21.5. The second-order valence-corrected chi connectivity index (χ2v) is 11.0. The monoisotopic (exact) mass is 614 g/mol. The van der Waals surface area contributed by atoms with Crippen molar-refractivity contribution in [2.24, 2.45) is 4.99 Å². The van der Waals surface area contributed by atoms with Gasteiger partial charge in [0.1, 0.15) is 12.9 Å². The van der Waals surface area contributed by atoms with Gasteiger partial charge in [0.05, 0.1) is 38.0 Å². The number of pyridine rings is 1. The zero-order chi connectivity index (χ0) is 30.5. The van der Waals surface area contributed by atoms with Crippen LogP contribution in [0.4, 0.5) is 0 Å². The van der Waals surface area contributed by atoms with Crippen LogP contribution in [0, 0.1) is 0 Å². The van der Waals surface area contributed by atoms with E-state index in [-0.39, 0.29) is 30.6 Å². The van der Waals surface area contributed by atoms with Gasteiger partial charge in [0, 0.05) is 47.8 Å². The minimum atomic E-state index is -0.297. The van der Waals surface area contributed by atoms with Gasteiger partial charge >= 0.3 is 5.97 Å². The molecule has 0 fully saturated rings. The molecule has 2 aliphatic heterocycles. The summed E-state index contributed by atoms with van der Waals surface area (Å²) < 4.78 is 18.9. The number of hydrogen-bond acceptors (Lipinski definition) is 9. The molecule has 0 unspecified atom stereocenters. The first kappa shape index (κ1) is 29.6. The Hall–Kier alpha value is -4.45. The Balaban J connectivity index is 1.09. The van der Waals surface area contributed by atoms with E-state index in [2.05, 4.69) is 15.5 Å². The van der Waals surface area contributed by atoms with Crippen LogP contribution >= 0.6 is 11.6 Å². The van der Waals surface area contributed by atoms with Gasteiger partial charge in [-0.05, 0) is 69.8 Å². The summed E-state index contributed by atoms with van der Waals surface area (Å²) >= 11 is 6.33. The van der Waals surface area contributed by atoms with Crippen molar-refractivity contribution in [3.8, 4) is 16.8 Å². The third kappa shape index (κ3) is 6.54. The van der Waals surface area contributed by atoms with Crippen LogP contribution in [0.3, 0.4) is 0 Å². The SMILES string of the molecule is COCCOCCOC(=O)Cc1ccc(C2=CN=C([C@@H]3CCc4cc(-c5cc(Cl)ccc5-n5cnnn5)cc(=O)n43)C2)cc1. The number of aryl methyl sites for hydroxylation is 1. The molecular formula is C32H31ClN6O5. The lowest BCUT2D eigenvalue weighted by molar-refractivity contribution is -0.144. The van der Waals surface area contributed by atoms with Crippen LogP contribution in [0.25, 0.3) is 22.4 Å². The molecule has 0 N–H and O–H groups in total. The van der Waals surface area contributed by atoms with E-state index in [4.69, 9.17) is 30.8 Å². The van der Waals surface area contributed by atoms with Crippen molar-refractivity contribution in [1.82, 2.24) is 24.8 Å². The predicted molar refractivity (Wildman–Crippen MR) is 165 cm³/mol. The third-order valence-electron chi connectivity index (χ3n) is 7.74. The lowest BCUT2D eigenvalue weighted by Crippen LogP contribution is -2.27. The van der Waals surface area contributed by atoms with E-state index in [1.165, 1.54) is 6.33 Å². The smallest absolute Gasteiger partial charge is 0.310 e. The fraction of sp³-hybridized carbons (Fsp3) is 0.312. The van der Waals surface area contributed by atoms with Gasteiger partial charge in [-0.1, -0.05) is 35.9 Å². The number of carbonyl (C=O) groups is 1. The summed E-state index contributed by atoms with van der Waals surface area (Å²) in [5, 5.41) is 12.0. The molecule has 0 amide bonds. The van der Waals surface area contributed by atoms with Crippen molar-refractivity contribution in [2.45, 2.75) is 31.7 Å². The van der Waals surface area contributed by atoms with Gasteiger partial charge in [0.15, 0.2) is 0 Å². The number of esters is 1. The minimum absolute atomic E-state index is 0.0865. The summed E-state index contributed by atoms with van der Waals surface area (Å²) in [6.45, 7) is 1.53. The van der Waals surface area contributed by atoms with Crippen LogP contribution in [0.5, 0.6) is 0 Å². The Labute approximate surface area is 258 Å². The molecule has 44 heavy (non-hydrogen) atoms. The van der Waals surface area contributed by atoms with Crippen molar-refractivity contribution >= 4 is 28.9 Å². The van der Waals surface area contributed by atoms with Gasteiger partial charge in [-0.2, -0.15) is 4.68 Å². The lowest BCUT2D eigenvalue weighted by Gasteiger charge is -2.17. The van der Waals surface area contributed by atoms with Crippen LogP contribution < -0.4 is 5.56 Å². The molecule has 2 aromatic heterocycles. The van der Waals surface area contributed by atoms with Gasteiger partial charge in [0.25, 0.3) is 5.56 Å². The Bertz CT molecular complexity index is 1760. The fourth-order valence-corrected chi connectivity index (χ4v) is 5.79. The van der Waals surface area contributed by atoms with E-state index in [0.717, 1.165) is 57.8 Å². The molecular weight excluding hydrogens is 584 g/mol. The zero-order valence-corrected chi connectivity index (χ0v) is 24.9. The summed E-state index contributed by atoms with van der Waals surface area (Å²) in [7, 11) is 1.61. The quantitative estimate of drug-likeness (QED) is 0.171.